The maximum atomic E-state index is 11.9. The topological polar surface area (TPSA) is 0 Å². The summed E-state index contributed by atoms with van der Waals surface area (Å²) in [5.74, 6) is -31.0. The third kappa shape index (κ3) is 64.8. The fourth-order valence-electron chi connectivity index (χ4n) is 1.24. The van der Waals surface area contributed by atoms with Gasteiger partial charge in [0.25, 0.3) is 0 Å². The molecule has 0 amide bonds. The van der Waals surface area contributed by atoms with Crippen molar-refractivity contribution < 1.29 is 70.2 Å². The first-order valence-electron chi connectivity index (χ1n) is 16.3. The van der Waals surface area contributed by atoms with Crippen LogP contribution < -0.4 is 0 Å². The van der Waals surface area contributed by atoms with Crippen LogP contribution in [0.3, 0.4) is 0 Å². The summed E-state index contributed by atoms with van der Waals surface area (Å²) in [5, 5.41) is 0. The minimum atomic E-state index is -3.89. The minimum Gasteiger partial charge on any atom is -0.200 e. The predicted molar refractivity (Wildman–Crippen MR) is 225 cm³/mol. The molecule has 0 nitrogen and oxygen atoms in total. The maximum Gasteiger partial charge on any atom is 0.309 e. The van der Waals surface area contributed by atoms with Crippen molar-refractivity contribution in [1.29, 1.82) is 0 Å². The first kappa shape index (κ1) is 117. The third-order valence-electron chi connectivity index (χ3n) is 4.35. The Kier molecular flexibility index (Phi) is 122. The normalized spacial score (nSPS) is 9.64. The zero-order valence-corrected chi connectivity index (χ0v) is 32.9. The Morgan fingerprint density at radius 2 is 0.268 bits per heavy atom. The summed E-state index contributed by atoms with van der Waals surface area (Å²) >= 11 is 0. The van der Waals surface area contributed by atoms with Crippen LogP contribution in [-0.2, 0) is 0 Å². The lowest BCUT2D eigenvalue weighted by Gasteiger charge is -2.20. The molecule has 56 heavy (non-hydrogen) atoms. The van der Waals surface area contributed by atoms with E-state index in [0.29, 0.717) is 0 Å². The lowest BCUT2D eigenvalue weighted by molar-refractivity contribution is -0.198. The molecule has 0 aromatic carbocycles. The van der Waals surface area contributed by atoms with Crippen molar-refractivity contribution in [1.82, 2.24) is 0 Å². The Hall–Kier alpha value is -1.12. The molecule has 0 fully saturated rings. The zero-order valence-electron chi connectivity index (χ0n) is 32.9. The third-order valence-corrected chi connectivity index (χ3v) is 4.35. The average Bonchev–Trinajstić information content (AvgIpc) is 3.01. The van der Waals surface area contributed by atoms with E-state index in [1.54, 1.807) is 0 Å². The van der Waals surface area contributed by atoms with Gasteiger partial charge < -0.3 is 0 Å². The molecule has 0 aliphatic rings. The van der Waals surface area contributed by atoms with E-state index in [2.05, 4.69) is 0 Å². The number of hydrogen-bond acceptors (Lipinski definition) is 0. The van der Waals surface area contributed by atoms with Gasteiger partial charge >= 0.3 is 47.4 Å². The second-order valence-electron chi connectivity index (χ2n) is 7.79. The first-order valence-corrected chi connectivity index (χ1v) is 16.3. The summed E-state index contributed by atoms with van der Waals surface area (Å²) in [6.07, 6.45) is -3.29. The number of hydrogen-bond donors (Lipinski definition) is 0. The van der Waals surface area contributed by atoms with E-state index in [0.717, 1.165) is 27.7 Å². The molecule has 16 heteroatoms. The van der Waals surface area contributed by atoms with E-state index in [1.807, 2.05) is 83.1 Å². The van der Waals surface area contributed by atoms with Crippen molar-refractivity contribution in [3.05, 3.63) is 0 Å². The summed E-state index contributed by atoms with van der Waals surface area (Å²) in [5.41, 5.74) is 0. The smallest absolute Gasteiger partial charge is 0.200 e. The molecular weight excluding hydrogens is 784 g/mol. The molecule has 0 aliphatic heterocycles. The minimum absolute atomic E-state index is 0. The van der Waals surface area contributed by atoms with Gasteiger partial charge in [0.05, 0.1) is 0 Å². The lowest BCUT2D eigenvalue weighted by Crippen LogP contribution is -2.36. The molecular formula is C40H100F16. The summed E-state index contributed by atoms with van der Waals surface area (Å²) < 4.78 is 189. The number of rotatable bonds is 8. The standard InChI is InChI=1S/4C5H8F4.6C2H6.8CH4/c4*1-3-5(8,9)4(2,6)7;6*1-2;;;;;;;;/h4*3H2,1-2H3;6*1-2H3;8*1H4. The molecule has 0 N–H and O–H groups in total. The summed E-state index contributed by atoms with van der Waals surface area (Å²) in [4.78, 5) is 0. The Morgan fingerprint density at radius 3 is 0.268 bits per heavy atom. The second-order valence-corrected chi connectivity index (χ2v) is 7.79. The van der Waals surface area contributed by atoms with E-state index >= 15 is 0 Å². The fraction of sp³-hybridized carbons (Fsp3) is 1.00. The van der Waals surface area contributed by atoms with Gasteiger partial charge in [-0.15, -0.1) is 0 Å². The van der Waals surface area contributed by atoms with Crippen molar-refractivity contribution in [2.75, 3.05) is 0 Å². The Bertz CT molecular complexity index is 483. The summed E-state index contributed by atoms with van der Waals surface area (Å²) in [6, 6.07) is 0. The highest BCUT2D eigenvalue weighted by Gasteiger charge is 2.52. The van der Waals surface area contributed by atoms with Gasteiger partial charge in [0.2, 0.25) is 0 Å². The second kappa shape index (κ2) is 58.2. The van der Waals surface area contributed by atoms with Crippen molar-refractivity contribution in [2.45, 2.75) is 271 Å². The molecule has 0 aromatic rings. The molecule has 0 bridgehead atoms. The van der Waals surface area contributed by atoms with Crippen LogP contribution in [0.5, 0.6) is 0 Å². The molecule has 0 aliphatic carbocycles. The van der Waals surface area contributed by atoms with E-state index < -0.39 is 73.1 Å². The zero-order chi connectivity index (χ0) is 42.8. The van der Waals surface area contributed by atoms with Gasteiger partial charge in [-0.3, -0.25) is 0 Å². The highest BCUT2D eigenvalue weighted by atomic mass is 19.3. The van der Waals surface area contributed by atoms with E-state index in [4.69, 9.17) is 0 Å². The maximum absolute atomic E-state index is 11.9. The molecule has 0 rings (SSSR count). The van der Waals surface area contributed by atoms with Crippen LogP contribution in [0.2, 0.25) is 0 Å². The van der Waals surface area contributed by atoms with Crippen LogP contribution in [0.15, 0.2) is 0 Å². The van der Waals surface area contributed by atoms with Crippen LogP contribution in [-0.4, -0.2) is 47.4 Å². The molecule has 372 valence electrons. The number of alkyl halides is 16. The summed E-state index contributed by atoms with van der Waals surface area (Å²) in [6.45, 7) is 29.0. The van der Waals surface area contributed by atoms with Crippen molar-refractivity contribution in [3.8, 4) is 0 Å². The van der Waals surface area contributed by atoms with Gasteiger partial charge in [-0.2, -0.15) is 35.1 Å². The Labute approximate surface area is 341 Å². The molecule has 0 saturated heterocycles. The van der Waals surface area contributed by atoms with Gasteiger partial charge in [0.1, 0.15) is 0 Å². The SMILES string of the molecule is C.C.C.C.C.C.C.C.CC.CC.CC.CC.CC.CC.CCC(F)(F)C(C)(F)F.CCC(F)(F)C(C)(F)F.CCC(F)(F)C(C)(F)F.CCC(F)(F)C(C)(F)F. The predicted octanol–water partition coefficient (Wildman–Crippen LogP) is 22.0. The lowest BCUT2D eigenvalue weighted by atomic mass is 10.1. The van der Waals surface area contributed by atoms with Crippen LogP contribution in [0, 0.1) is 0 Å². The fourth-order valence-corrected chi connectivity index (χ4v) is 1.24. The first-order chi connectivity index (χ1) is 21.2. The molecule has 0 radical (unpaired) electrons. The van der Waals surface area contributed by atoms with E-state index in [9.17, 15) is 70.2 Å². The van der Waals surface area contributed by atoms with Gasteiger partial charge in [-0.05, 0) is 0 Å². The van der Waals surface area contributed by atoms with Crippen molar-refractivity contribution in [2.24, 2.45) is 0 Å². The van der Waals surface area contributed by atoms with Crippen molar-refractivity contribution >= 4 is 0 Å². The molecule has 0 unspecified atom stereocenters. The Morgan fingerprint density at radius 1 is 0.214 bits per heavy atom. The highest BCUT2D eigenvalue weighted by molar-refractivity contribution is 4.80. The number of halogens is 16. The molecule has 0 spiro atoms. The highest BCUT2D eigenvalue weighted by Crippen LogP contribution is 2.38. The largest absolute Gasteiger partial charge is 0.309 e. The van der Waals surface area contributed by atoms with Gasteiger partial charge in [-0.1, -0.05) is 170 Å². The molecule has 0 saturated carbocycles. The average molecular weight is 885 g/mol. The quantitative estimate of drug-likeness (QED) is 0.213. The van der Waals surface area contributed by atoms with Gasteiger partial charge in [-0.25, -0.2) is 35.1 Å². The molecule has 0 heterocycles. The van der Waals surface area contributed by atoms with Crippen LogP contribution in [0.4, 0.5) is 70.2 Å². The van der Waals surface area contributed by atoms with E-state index in [1.165, 1.54) is 0 Å². The molecule has 0 atom stereocenters. The van der Waals surface area contributed by atoms with Crippen LogP contribution in [0.25, 0.3) is 0 Å². The van der Waals surface area contributed by atoms with E-state index in [-0.39, 0.29) is 87.1 Å². The van der Waals surface area contributed by atoms with Crippen molar-refractivity contribution in [3.63, 3.8) is 0 Å². The molecule has 0 aromatic heterocycles. The van der Waals surface area contributed by atoms with Gasteiger partial charge in [0.15, 0.2) is 0 Å². The van der Waals surface area contributed by atoms with Gasteiger partial charge in [0, 0.05) is 53.4 Å². The summed E-state index contributed by atoms with van der Waals surface area (Å²) in [7, 11) is 0. The van der Waals surface area contributed by atoms with Crippen LogP contribution in [0.1, 0.15) is 224 Å². The monoisotopic (exact) mass is 885 g/mol. The Balaban J connectivity index is -0.0000000188. The van der Waals surface area contributed by atoms with Crippen LogP contribution >= 0.6 is 0 Å².